The fourth-order valence-electron chi connectivity index (χ4n) is 1.07. The molecule has 0 spiro atoms. The number of carbonyl (C=O) groups is 3. The van der Waals surface area contributed by atoms with Crippen molar-refractivity contribution in [1.82, 2.24) is 5.32 Å². The van der Waals surface area contributed by atoms with E-state index in [0.717, 1.165) is 0 Å². The van der Waals surface area contributed by atoms with Gasteiger partial charge in [-0.25, -0.2) is 4.79 Å². The van der Waals surface area contributed by atoms with Gasteiger partial charge in [-0.1, -0.05) is 12.2 Å². The second-order valence-electron chi connectivity index (χ2n) is 3.28. The first-order chi connectivity index (χ1) is 7.38. The zero-order valence-corrected chi connectivity index (χ0v) is 8.55. The van der Waals surface area contributed by atoms with E-state index >= 15 is 0 Å². The van der Waals surface area contributed by atoms with Crippen molar-refractivity contribution >= 4 is 18.3 Å². The van der Waals surface area contributed by atoms with E-state index in [-0.39, 0.29) is 19.3 Å². The SMILES string of the molecule is C=C(CC(N)C(=O)O)CC(NC=O)C(=O)O. The molecule has 0 saturated heterocycles. The van der Waals surface area contributed by atoms with Gasteiger partial charge in [-0.2, -0.15) is 0 Å². The number of nitrogens with one attached hydrogen (secondary N) is 1. The standard InChI is InChI=1S/C9H14N2O5/c1-5(2-6(10)8(13)14)3-7(9(15)16)11-4-12/h4,6-7H,1-3,10H2,(H,11,12)(H,13,14)(H,15,16). The second kappa shape index (κ2) is 6.57. The van der Waals surface area contributed by atoms with Crippen molar-refractivity contribution < 1.29 is 24.6 Å². The topological polar surface area (TPSA) is 130 Å². The van der Waals surface area contributed by atoms with E-state index in [0.29, 0.717) is 5.57 Å². The molecule has 90 valence electrons. The van der Waals surface area contributed by atoms with Gasteiger partial charge >= 0.3 is 11.9 Å². The van der Waals surface area contributed by atoms with E-state index in [9.17, 15) is 14.4 Å². The van der Waals surface area contributed by atoms with Gasteiger partial charge in [-0.05, 0) is 12.8 Å². The summed E-state index contributed by atoms with van der Waals surface area (Å²) < 4.78 is 0. The highest BCUT2D eigenvalue weighted by Crippen LogP contribution is 2.10. The van der Waals surface area contributed by atoms with Gasteiger partial charge in [0.1, 0.15) is 12.1 Å². The van der Waals surface area contributed by atoms with Crippen molar-refractivity contribution in [2.45, 2.75) is 24.9 Å². The monoisotopic (exact) mass is 230 g/mol. The van der Waals surface area contributed by atoms with Gasteiger partial charge in [-0.3, -0.25) is 9.59 Å². The lowest BCUT2D eigenvalue weighted by atomic mass is 10.0. The number of carboxylic acid groups (broad SMARTS) is 2. The molecule has 0 bridgehead atoms. The molecule has 0 heterocycles. The average molecular weight is 230 g/mol. The van der Waals surface area contributed by atoms with Gasteiger partial charge in [-0.15, -0.1) is 0 Å². The number of aliphatic carboxylic acids is 2. The maximum Gasteiger partial charge on any atom is 0.326 e. The molecule has 0 radical (unpaired) electrons. The van der Waals surface area contributed by atoms with Crippen LogP contribution in [0.1, 0.15) is 12.8 Å². The van der Waals surface area contributed by atoms with E-state index in [4.69, 9.17) is 15.9 Å². The molecule has 16 heavy (non-hydrogen) atoms. The predicted octanol–water partition coefficient (Wildman–Crippen LogP) is -1.07. The summed E-state index contributed by atoms with van der Waals surface area (Å²) in [6.45, 7) is 3.52. The van der Waals surface area contributed by atoms with Crippen LogP contribution in [0.25, 0.3) is 0 Å². The predicted molar refractivity (Wildman–Crippen MR) is 54.6 cm³/mol. The van der Waals surface area contributed by atoms with Crippen LogP contribution in [0.3, 0.4) is 0 Å². The van der Waals surface area contributed by atoms with E-state index in [1.54, 1.807) is 0 Å². The Labute approximate surface area is 91.9 Å². The van der Waals surface area contributed by atoms with Crippen LogP contribution in [0.5, 0.6) is 0 Å². The second-order valence-corrected chi connectivity index (χ2v) is 3.28. The fraction of sp³-hybridized carbons (Fsp3) is 0.444. The van der Waals surface area contributed by atoms with E-state index in [1.165, 1.54) is 0 Å². The molecule has 0 fully saturated rings. The number of hydrogen-bond donors (Lipinski definition) is 4. The van der Waals surface area contributed by atoms with Crippen molar-refractivity contribution in [1.29, 1.82) is 0 Å². The van der Waals surface area contributed by atoms with Gasteiger partial charge < -0.3 is 21.3 Å². The zero-order valence-electron chi connectivity index (χ0n) is 8.55. The Kier molecular flexibility index (Phi) is 5.79. The molecular weight excluding hydrogens is 216 g/mol. The first-order valence-electron chi connectivity index (χ1n) is 4.46. The minimum Gasteiger partial charge on any atom is -0.480 e. The van der Waals surface area contributed by atoms with E-state index in [2.05, 4.69) is 11.9 Å². The van der Waals surface area contributed by atoms with E-state index in [1.807, 2.05) is 0 Å². The van der Waals surface area contributed by atoms with Crippen LogP contribution in [0.2, 0.25) is 0 Å². The third-order valence-electron chi connectivity index (χ3n) is 1.89. The van der Waals surface area contributed by atoms with Crippen LogP contribution in [0.4, 0.5) is 0 Å². The third kappa shape index (κ3) is 5.11. The van der Waals surface area contributed by atoms with Crippen LogP contribution in [-0.2, 0) is 14.4 Å². The van der Waals surface area contributed by atoms with Crippen LogP contribution < -0.4 is 11.1 Å². The number of carboxylic acids is 2. The number of amides is 1. The first kappa shape index (κ1) is 14.1. The molecular formula is C9H14N2O5. The normalized spacial score (nSPS) is 13.6. The molecule has 7 heteroatoms. The molecule has 0 rings (SSSR count). The molecule has 0 aliphatic carbocycles. The maximum atomic E-state index is 10.6. The van der Waals surface area contributed by atoms with Crippen LogP contribution in [-0.4, -0.2) is 40.6 Å². The quantitative estimate of drug-likeness (QED) is 0.310. The highest BCUT2D eigenvalue weighted by atomic mass is 16.4. The van der Waals surface area contributed by atoms with Crippen molar-refractivity contribution in [2.75, 3.05) is 0 Å². The summed E-state index contributed by atoms with van der Waals surface area (Å²) in [5, 5.41) is 19.3. The van der Waals surface area contributed by atoms with Crippen LogP contribution >= 0.6 is 0 Å². The zero-order chi connectivity index (χ0) is 12.7. The summed E-state index contributed by atoms with van der Waals surface area (Å²) >= 11 is 0. The number of nitrogens with two attached hydrogens (primary N) is 1. The Morgan fingerprint density at radius 2 is 1.88 bits per heavy atom. The molecule has 0 aromatic carbocycles. The molecule has 2 atom stereocenters. The molecule has 1 amide bonds. The molecule has 7 nitrogen and oxygen atoms in total. The molecule has 0 aliphatic rings. The van der Waals surface area contributed by atoms with Crippen molar-refractivity contribution in [2.24, 2.45) is 5.73 Å². The molecule has 5 N–H and O–H groups in total. The lowest BCUT2D eigenvalue weighted by Crippen LogP contribution is -2.37. The van der Waals surface area contributed by atoms with Gasteiger partial charge in [0.2, 0.25) is 6.41 Å². The number of carbonyl (C=O) groups excluding carboxylic acids is 1. The largest absolute Gasteiger partial charge is 0.480 e. The average Bonchev–Trinajstić information content (AvgIpc) is 2.16. The Balaban J connectivity index is 4.24. The summed E-state index contributed by atoms with van der Waals surface area (Å²) in [7, 11) is 0. The van der Waals surface area contributed by atoms with Crippen molar-refractivity contribution in [3.63, 3.8) is 0 Å². The lowest BCUT2D eigenvalue weighted by Gasteiger charge is -2.14. The summed E-state index contributed by atoms with van der Waals surface area (Å²) in [5.41, 5.74) is 5.60. The molecule has 0 saturated carbocycles. The number of rotatable bonds is 8. The van der Waals surface area contributed by atoms with Gasteiger partial charge in [0.15, 0.2) is 0 Å². The van der Waals surface area contributed by atoms with Crippen molar-refractivity contribution in [3.8, 4) is 0 Å². The summed E-state index contributed by atoms with van der Waals surface area (Å²) in [4.78, 5) is 31.2. The third-order valence-corrected chi connectivity index (χ3v) is 1.89. The fourth-order valence-corrected chi connectivity index (χ4v) is 1.07. The van der Waals surface area contributed by atoms with Gasteiger partial charge in [0.05, 0.1) is 0 Å². The minimum atomic E-state index is -1.21. The van der Waals surface area contributed by atoms with Crippen LogP contribution in [0, 0.1) is 0 Å². The lowest BCUT2D eigenvalue weighted by molar-refractivity contribution is -0.140. The molecule has 0 aromatic heterocycles. The molecule has 0 aromatic rings. The molecule has 0 aliphatic heterocycles. The Morgan fingerprint density at radius 3 is 2.25 bits per heavy atom. The highest BCUT2D eigenvalue weighted by Gasteiger charge is 2.20. The number of hydrogen-bond acceptors (Lipinski definition) is 4. The Bertz CT molecular complexity index is 302. The van der Waals surface area contributed by atoms with Gasteiger partial charge in [0.25, 0.3) is 0 Å². The van der Waals surface area contributed by atoms with E-state index < -0.39 is 24.0 Å². The van der Waals surface area contributed by atoms with Crippen molar-refractivity contribution in [3.05, 3.63) is 12.2 Å². The summed E-state index contributed by atoms with van der Waals surface area (Å²) in [6.07, 6.45) is 0.192. The minimum absolute atomic E-state index is 0.0281. The summed E-state index contributed by atoms with van der Waals surface area (Å²) in [6, 6.07) is -2.22. The Hall–Kier alpha value is -1.89. The summed E-state index contributed by atoms with van der Waals surface area (Å²) in [5.74, 6) is -2.39. The molecule has 2 unspecified atom stereocenters. The first-order valence-corrected chi connectivity index (χ1v) is 4.46. The van der Waals surface area contributed by atoms with Gasteiger partial charge in [0, 0.05) is 0 Å². The highest BCUT2D eigenvalue weighted by molar-refractivity contribution is 5.77. The Morgan fingerprint density at radius 1 is 1.31 bits per heavy atom. The van der Waals surface area contributed by atoms with Crippen LogP contribution in [0.15, 0.2) is 12.2 Å². The maximum absolute atomic E-state index is 10.6. The smallest absolute Gasteiger partial charge is 0.326 e.